The van der Waals surface area contributed by atoms with Crippen LogP contribution in [0.5, 0.6) is 0 Å². The number of hydrogen-bond acceptors (Lipinski definition) is 3. The van der Waals surface area contributed by atoms with E-state index in [-0.39, 0.29) is 29.6 Å². The first-order valence-corrected chi connectivity index (χ1v) is 5.65. The molecule has 4 nitrogen and oxygen atoms in total. The Morgan fingerprint density at radius 3 is 2.44 bits per heavy atom. The predicted molar refractivity (Wildman–Crippen MR) is 64.0 cm³/mol. The molecule has 1 atom stereocenters. The Balaban J connectivity index is 2.86. The van der Waals surface area contributed by atoms with Crippen molar-refractivity contribution >= 4 is 21.7 Å². The zero-order valence-electron chi connectivity index (χ0n) is 8.85. The highest BCUT2D eigenvalue weighted by Crippen LogP contribution is 2.22. The average Bonchev–Trinajstić information content (AvgIpc) is 2.16. The van der Waals surface area contributed by atoms with Crippen LogP contribution in [0.4, 0.5) is 0 Å². The Morgan fingerprint density at radius 2 is 2.00 bits per heavy atom. The molecule has 86 valence electrons. The van der Waals surface area contributed by atoms with E-state index in [1.807, 2.05) is 12.1 Å². The summed E-state index contributed by atoms with van der Waals surface area (Å²) >= 11 is 3.30. The van der Waals surface area contributed by atoms with Crippen molar-refractivity contribution in [3.8, 4) is 0 Å². The van der Waals surface area contributed by atoms with Crippen LogP contribution in [0.3, 0.4) is 0 Å². The highest BCUT2D eigenvalue weighted by atomic mass is 79.9. The van der Waals surface area contributed by atoms with Crippen molar-refractivity contribution in [1.29, 1.82) is 0 Å². The molecule has 0 fully saturated rings. The van der Waals surface area contributed by atoms with E-state index in [2.05, 4.69) is 15.9 Å². The molecular formula is C11H12BrNO3. The van der Waals surface area contributed by atoms with Crippen LogP contribution in [0.1, 0.15) is 24.8 Å². The first-order valence-electron chi connectivity index (χ1n) is 4.85. The van der Waals surface area contributed by atoms with Crippen LogP contribution in [0.15, 0.2) is 28.7 Å². The van der Waals surface area contributed by atoms with Crippen LogP contribution in [0.2, 0.25) is 0 Å². The van der Waals surface area contributed by atoms with Crippen molar-refractivity contribution in [2.24, 2.45) is 0 Å². The third kappa shape index (κ3) is 4.10. The fourth-order valence-corrected chi connectivity index (χ4v) is 1.81. The molecule has 0 aliphatic heterocycles. The number of hydrogen-bond donors (Lipinski definition) is 0. The minimum absolute atomic E-state index is 0.0326. The molecular weight excluding hydrogens is 274 g/mol. The molecule has 1 aromatic carbocycles. The highest BCUT2D eigenvalue weighted by molar-refractivity contribution is 9.10. The molecule has 0 N–H and O–H groups in total. The van der Waals surface area contributed by atoms with Gasteiger partial charge in [-0.25, -0.2) is 0 Å². The number of halogens is 1. The quantitative estimate of drug-likeness (QED) is 0.617. The van der Waals surface area contributed by atoms with Gasteiger partial charge in [0, 0.05) is 15.8 Å². The molecule has 5 heteroatoms. The van der Waals surface area contributed by atoms with E-state index >= 15 is 0 Å². The third-order valence-corrected chi connectivity index (χ3v) is 2.77. The maximum Gasteiger partial charge on any atom is 0.211 e. The summed E-state index contributed by atoms with van der Waals surface area (Å²) in [6, 6.07) is 7.26. The number of nitrogens with zero attached hydrogens (tertiary/aromatic N) is 1. The van der Waals surface area contributed by atoms with Crippen LogP contribution in [0, 0.1) is 10.1 Å². The van der Waals surface area contributed by atoms with Gasteiger partial charge in [-0.2, -0.15) is 0 Å². The van der Waals surface area contributed by atoms with Gasteiger partial charge in [0.25, 0.3) is 0 Å². The van der Waals surface area contributed by atoms with Gasteiger partial charge in [0.2, 0.25) is 6.54 Å². The zero-order chi connectivity index (χ0) is 12.1. The van der Waals surface area contributed by atoms with Crippen LogP contribution >= 0.6 is 15.9 Å². The van der Waals surface area contributed by atoms with Crippen molar-refractivity contribution in [1.82, 2.24) is 0 Å². The van der Waals surface area contributed by atoms with E-state index in [1.165, 1.54) is 6.92 Å². The van der Waals surface area contributed by atoms with Crippen LogP contribution in [0.25, 0.3) is 0 Å². The van der Waals surface area contributed by atoms with Crippen LogP contribution < -0.4 is 0 Å². The average molecular weight is 286 g/mol. The molecule has 0 saturated heterocycles. The van der Waals surface area contributed by atoms with Gasteiger partial charge in [-0.15, -0.1) is 0 Å². The summed E-state index contributed by atoms with van der Waals surface area (Å²) in [6.45, 7) is 1.24. The van der Waals surface area contributed by atoms with Gasteiger partial charge < -0.3 is 4.79 Å². The second kappa shape index (κ2) is 5.75. The van der Waals surface area contributed by atoms with Crippen molar-refractivity contribution < 1.29 is 9.72 Å². The molecule has 0 aromatic heterocycles. The standard InChI is InChI=1S/C11H12BrNO3/c1-8(14)6-10(7-13(15)16)9-2-4-11(12)5-3-9/h2-5,10H,6-7H2,1H3. The molecule has 0 aliphatic rings. The first kappa shape index (κ1) is 12.8. The smallest absolute Gasteiger partial charge is 0.211 e. The summed E-state index contributed by atoms with van der Waals surface area (Å²) in [4.78, 5) is 21.2. The molecule has 0 aliphatic carbocycles. The lowest BCUT2D eigenvalue weighted by Gasteiger charge is -2.11. The molecule has 0 radical (unpaired) electrons. The van der Waals surface area contributed by atoms with Gasteiger partial charge in [0.15, 0.2) is 0 Å². The fourth-order valence-electron chi connectivity index (χ4n) is 1.55. The van der Waals surface area contributed by atoms with E-state index < -0.39 is 0 Å². The van der Waals surface area contributed by atoms with Crippen molar-refractivity contribution in [2.45, 2.75) is 19.3 Å². The van der Waals surface area contributed by atoms with Gasteiger partial charge in [-0.05, 0) is 24.6 Å². The number of Topliss-reactive ketones (excluding diaryl/α,β-unsaturated/α-hetero) is 1. The fraction of sp³-hybridized carbons (Fsp3) is 0.364. The summed E-state index contributed by atoms with van der Waals surface area (Å²) in [5, 5.41) is 10.5. The molecule has 0 amide bonds. The maximum absolute atomic E-state index is 11.0. The minimum Gasteiger partial charge on any atom is -0.300 e. The SMILES string of the molecule is CC(=O)CC(C[N+](=O)[O-])c1ccc(Br)cc1. The number of carbonyl (C=O) groups is 1. The van der Waals surface area contributed by atoms with Crippen molar-refractivity contribution in [2.75, 3.05) is 6.54 Å². The Bertz CT molecular complexity index is 373. The molecule has 0 spiro atoms. The topological polar surface area (TPSA) is 60.2 Å². The normalized spacial score (nSPS) is 12.1. The highest BCUT2D eigenvalue weighted by Gasteiger charge is 2.19. The summed E-state index contributed by atoms with van der Waals surface area (Å²) in [6.07, 6.45) is 0.211. The lowest BCUT2D eigenvalue weighted by molar-refractivity contribution is -0.483. The second-order valence-electron chi connectivity index (χ2n) is 3.67. The van der Waals surface area contributed by atoms with E-state index in [0.29, 0.717) is 0 Å². The summed E-state index contributed by atoms with van der Waals surface area (Å²) < 4.78 is 0.916. The number of rotatable bonds is 5. The molecule has 0 heterocycles. The molecule has 1 aromatic rings. The minimum atomic E-state index is -0.379. The second-order valence-corrected chi connectivity index (χ2v) is 4.59. The largest absolute Gasteiger partial charge is 0.300 e. The van der Waals surface area contributed by atoms with E-state index in [0.717, 1.165) is 10.0 Å². The van der Waals surface area contributed by atoms with Crippen molar-refractivity contribution in [3.05, 3.63) is 44.4 Å². The maximum atomic E-state index is 11.0. The zero-order valence-corrected chi connectivity index (χ0v) is 10.4. The van der Waals surface area contributed by atoms with Crippen molar-refractivity contribution in [3.63, 3.8) is 0 Å². The lowest BCUT2D eigenvalue weighted by Crippen LogP contribution is -2.15. The van der Waals surface area contributed by atoms with Gasteiger partial charge >= 0.3 is 0 Å². The van der Waals surface area contributed by atoms with Crippen LogP contribution in [-0.4, -0.2) is 17.3 Å². The molecule has 1 unspecified atom stereocenters. The Morgan fingerprint density at radius 1 is 1.44 bits per heavy atom. The van der Waals surface area contributed by atoms with Crippen LogP contribution in [-0.2, 0) is 4.79 Å². The van der Waals surface area contributed by atoms with Gasteiger partial charge in [0.05, 0.1) is 5.92 Å². The molecule has 0 saturated carbocycles. The number of benzene rings is 1. The first-order chi connectivity index (χ1) is 7.49. The number of carbonyl (C=O) groups excluding carboxylic acids is 1. The Kier molecular flexibility index (Phi) is 4.61. The molecule has 0 bridgehead atoms. The van der Waals surface area contributed by atoms with E-state index in [1.54, 1.807) is 12.1 Å². The summed E-state index contributed by atoms with van der Waals surface area (Å²) in [7, 11) is 0. The van der Waals surface area contributed by atoms with Gasteiger partial charge in [-0.1, -0.05) is 28.1 Å². The lowest BCUT2D eigenvalue weighted by atomic mass is 9.94. The third-order valence-electron chi connectivity index (χ3n) is 2.24. The number of nitro groups is 1. The van der Waals surface area contributed by atoms with E-state index in [9.17, 15) is 14.9 Å². The predicted octanol–water partition coefficient (Wildman–Crippen LogP) is 2.79. The Hall–Kier alpha value is -1.23. The molecule has 1 rings (SSSR count). The number of ketones is 1. The van der Waals surface area contributed by atoms with Gasteiger partial charge in [-0.3, -0.25) is 10.1 Å². The summed E-state index contributed by atoms with van der Waals surface area (Å²) in [5.74, 6) is -0.365. The molecule has 16 heavy (non-hydrogen) atoms. The van der Waals surface area contributed by atoms with E-state index in [4.69, 9.17) is 0 Å². The Labute approximate surface area is 102 Å². The summed E-state index contributed by atoms with van der Waals surface area (Å²) in [5.41, 5.74) is 0.829. The monoisotopic (exact) mass is 285 g/mol. The van der Waals surface area contributed by atoms with Gasteiger partial charge in [0.1, 0.15) is 5.78 Å².